The van der Waals surface area contributed by atoms with Crippen molar-refractivity contribution in [2.24, 2.45) is 0 Å². The van der Waals surface area contributed by atoms with Crippen LogP contribution in [0.15, 0.2) is 29.2 Å². The summed E-state index contributed by atoms with van der Waals surface area (Å²) in [6.07, 6.45) is 0.622. The third-order valence-corrected chi connectivity index (χ3v) is 6.76. The lowest BCUT2D eigenvalue weighted by atomic mass is 10.4. The highest BCUT2D eigenvalue weighted by atomic mass is 35.5. The first kappa shape index (κ1) is 17.4. The van der Waals surface area contributed by atoms with E-state index in [-0.39, 0.29) is 30.5 Å². The highest BCUT2D eigenvalue weighted by Crippen LogP contribution is 2.13. The van der Waals surface area contributed by atoms with Crippen LogP contribution in [-0.4, -0.2) is 54.0 Å². The van der Waals surface area contributed by atoms with Crippen molar-refractivity contribution in [2.75, 3.05) is 31.1 Å². The van der Waals surface area contributed by atoms with Gasteiger partial charge >= 0.3 is 0 Å². The summed E-state index contributed by atoms with van der Waals surface area (Å²) in [4.78, 5) is 12.3. The lowest BCUT2D eigenvalue weighted by Crippen LogP contribution is -2.37. The molecule has 6 nitrogen and oxygen atoms in total. The van der Waals surface area contributed by atoms with Gasteiger partial charge in [0, 0.05) is 29.6 Å². The van der Waals surface area contributed by atoms with Gasteiger partial charge in [-0.25, -0.2) is 12.7 Å². The Hall–Kier alpha value is -0.960. The minimum atomic E-state index is -3.15. The van der Waals surface area contributed by atoms with Crippen LogP contribution in [0.1, 0.15) is 6.42 Å². The molecule has 1 N–H and O–H groups in total. The monoisotopic (exact) mass is 364 g/mol. The molecule has 0 radical (unpaired) electrons. The Balaban J connectivity index is 1.76. The van der Waals surface area contributed by atoms with Gasteiger partial charge in [-0.15, -0.1) is 0 Å². The van der Waals surface area contributed by atoms with E-state index in [1.54, 1.807) is 24.3 Å². The molecule has 0 saturated carbocycles. The van der Waals surface area contributed by atoms with Gasteiger partial charge in [0.2, 0.25) is 15.9 Å². The molecular weight excluding hydrogens is 348 g/mol. The minimum Gasteiger partial charge on any atom is -0.354 e. The number of hydrogen-bond donors (Lipinski definition) is 1. The zero-order chi connectivity index (χ0) is 16.2. The Labute approximate surface area is 137 Å². The van der Waals surface area contributed by atoms with E-state index in [4.69, 9.17) is 11.6 Å². The average molecular weight is 365 g/mol. The number of amides is 1. The van der Waals surface area contributed by atoms with Crippen LogP contribution in [0.25, 0.3) is 0 Å². The molecule has 1 unspecified atom stereocenters. The molecule has 0 bridgehead atoms. The number of carbonyl (C=O) groups excluding carboxylic acids is 1. The van der Waals surface area contributed by atoms with Crippen LogP contribution in [0.4, 0.5) is 0 Å². The molecule has 0 aliphatic carbocycles. The van der Waals surface area contributed by atoms with Crippen LogP contribution >= 0.6 is 11.6 Å². The van der Waals surface area contributed by atoms with Gasteiger partial charge in [-0.2, -0.15) is 0 Å². The maximum atomic E-state index is 12.0. The number of nitrogens with one attached hydrogen (secondary N) is 1. The summed E-state index contributed by atoms with van der Waals surface area (Å²) in [6.45, 7) is 0.965. The molecule has 22 heavy (non-hydrogen) atoms. The van der Waals surface area contributed by atoms with Crippen LogP contribution in [0.3, 0.4) is 0 Å². The van der Waals surface area contributed by atoms with Gasteiger partial charge < -0.3 is 5.32 Å². The number of hydrogen-bond acceptors (Lipinski definition) is 4. The van der Waals surface area contributed by atoms with Crippen molar-refractivity contribution in [2.45, 2.75) is 11.3 Å². The van der Waals surface area contributed by atoms with Crippen molar-refractivity contribution < 1.29 is 17.4 Å². The van der Waals surface area contributed by atoms with Crippen molar-refractivity contribution in [3.8, 4) is 0 Å². The topological polar surface area (TPSA) is 83.6 Å². The third-order valence-electron chi connectivity index (χ3n) is 3.23. The molecule has 1 aromatic carbocycles. The van der Waals surface area contributed by atoms with Crippen LogP contribution in [0.2, 0.25) is 5.02 Å². The number of halogens is 1. The molecular formula is C13H17ClN2O4S2. The molecule has 1 saturated heterocycles. The summed E-state index contributed by atoms with van der Waals surface area (Å²) in [5, 5.41) is 3.13. The quantitative estimate of drug-likeness (QED) is 0.801. The third kappa shape index (κ3) is 4.77. The van der Waals surface area contributed by atoms with Crippen molar-refractivity contribution in [1.29, 1.82) is 0 Å². The molecule has 1 atom stereocenters. The zero-order valence-electron chi connectivity index (χ0n) is 11.8. The zero-order valence-corrected chi connectivity index (χ0v) is 14.2. The highest BCUT2D eigenvalue weighted by molar-refractivity contribution is 7.89. The van der Waals surface area contributed by atoms with E-state index in [1.165, 1.54) is 4.31 Å². The van der Waals surface area contributed by atoms with Gasteiger partial charge in [-0.1, -0.05) is 11.6 Å². The Morgan fingerprint density at radius 2 is 2.00 bits per heavy atom. The molecule has 1 fully saturated rings. The number of nitrogens with zero attached hydrogens (tertiary/aromatic N) is 1. The van der Waals surface area contributed by atoms with E-state index in [1.807, 2.05) is 0 Å². The van der Waals surface area contributed by atoms with E-state index in [9.17, 15) is 17.4 Å². The van der Waals surface area contributed by atoms with Gasteiger partial charge in [0.15, 0.2) is 0 Å². The van der Waals surface area contributed by atoms with Gasteiger partial charge in [-0.3, -0.25) is 9.00 Å². The first-order chi connectivity index (χ1) is 10.4. The van der Waals surface area contributed by atoms with Crippen molar-refractivity contribution in [3.05, 3.63) is 29.3 Å². The minimum absolute atomic E-state index is 0.158. The summed E-state index contributed by atoms with van der Waals surface area (Å²) < 4.78 is 36.5. The van der Waals surface area contributed by atoms with Crippen LogP contribution < -0.4 is 5.32 Å². The molecule has 1 aromatic rings. The second kappa shape index (κ2) is 7.54. The standard InChI is InChI=1S/C13H17ClN2O4S2/c14-11-2-4-12(5-3-11)21(18)10-13(17)15-6-8-16-7-1-9-22(16,19)20/h2-5H,1,6-10H2,(H,15,17). The first-order valence-electron chi connectivity index (χ1n) is 6.77. The fourth-order valence-corrected chi connectivity index (χ4v) is 4.70. The predicted molar refractivity (Wildman–Crippen MR) is 85.7 cm³/mol. The second-order valence-corrected chi connectivity index (χ2v) is 8.84. The van der Waals surface area contributed by atoms with Crippen molar-refractivity contribution >= 4 is 38.3 Å². The number of carbonyl (C=O) groups is 1. The van der Waals surface area contributed by atoms with Gasteiger partial charge in [-0.05, 0) is 30.7 Å². The summed E-state index contributed by atoms with van der Waals surface area (Å²) in [5.74, 6) is -0.361. The maximum absolute atomic E-state index is 12.0. The first-order valence-corrected chi connectivity index (χ1v) is 10.1. The molecule has 0 spiro atoms. The molecule has 1 amide bonds. The van der Waals surface area contributed by atoms with Crippen molar-refractivity contribution in [3.63, 3.8) is 0 Å². The van der Waals surface area contributed by atoms with Crippen LogP contribution in [-0.2, 0) is 25.6 Å². The average Bonchev–Trinajstić information content (AvgIpc) is 2.78. The molecule has 9 heteroatoms. The Kier molecular flexibility index (Phi) is 5.96. The number of sulfonamides is 1. The molecule has 1 aliphatic heterocycles. The Bertz CT molecular complexity index is 661. The normalized spacial score (nSPS) is 19.0. The van der Waals surface area contributed by atoms with Gasteiger partial charge in [0.05, 0.1) is 16.6 Å². The fraction of sp³-hybridized carbons (Fsp3) is 0.462. The van der Waals surface area contributed by atoms with Gasteiger partial charge in [0.25, 0.3) is 0 Å². The maximum Gasteiger partial charge on any atom is 0.233 e. The molecule has 122 valence electrons. The Morgan fingerprint density at radius 1 is 1.32 bits per heavy atom. The largest absolute Gasteiger partial charge is 0.354 e. The SMILES string of the molecule is O=C(CS(=O)c1ccc(Cl)cc1)NCCN1CCCS1(=O)=O. The predicted octanol–water partition coefficient (Wildman–Crippen LogP) is 0.599. The number of benzene rings is 1. The van der Waals surface area contributed by atoms with Gasteiger partial charge in [0.1, 0.15) is 5.75 Å². The lowest BCUT2D eigenvalue weighted by molar-refractivity contribution is -0.118. The lowest BCUT2D eigenvalue weighted by Gasteiger charge is -2.14. The summed E-state index contributed by atoms with van der Waals surface area (Å²) in [6, 6.07) is 6.46. The summed E-state index contributed by atoms with van der Waals surface area (Å²) in [5.41, 5.74) is 0. The fourth-order valence-electron chi connectivity index (χ4n) is 2.10. The van der Waals surface area contributed by atoms with E-state index >= 15 is 0 Å². The Morgan fingerprint density at radius 3 is 2.59 bits per heavy atom. The second-order valence-electron chi connectivity index (χ2n) is 4.86. The summed E-state index contributed by atoms with van der Waals surface area (Å²) in [7, 11) is -4.59. The van der Waals surface area contributed by atoms with E-state index < -0.39 is 20.8 Å². The van der Waals surface area contributed by atoms with Crippen LogP contribution in [0, 0.1) is 0 Å². The molecule has 0 aromatic heterocycles. The molecule has 2 rings (SSSR count). The van der Waals surface area contributed by atoms with Crippen molar-refractivity contribution in [1.82, 2.24) is 9.62 Å². The number of rotatable bonds is 6. The smallest absolute Gasteiger partial charge is 0.233 e. The van der Waals surface area contributed by atoms with Crippen LogP contribution in [0.5, 0.6) is 0 Å². The van der Waals surface area contributed by atoms with E-state index in [0.717, 1.165) is 0 Å². The summed E-state index contributed by atoms with van der Waals surface area (Å²) >= 11 is 5.74. The van der Waals surface area contributed by atoms with E-state index in [2.05, 4.69) is 5.32 Å². The highest BCUT2D eigenvalue weighted by Gasteiger charge is 2.27. The van der Waals surface area contributed by atoms with E-state index in [0.29, 0.717) is 22.9 Å². The molecule has 1 aliphatic rings. The molecule has 1 heterocycles.